The maximum Gasteiger partial charge on any atom is 0.193 e. The predicted octanol–water partition coefficient (Wildman–Crippen LogP) is 0.895. The van der Waals surface area contributed by atoms with Crippen molar-refractivity contribution in [2.24, 2.45) is 4.99 Å². The summed E-state index contributed by atoms with van der Waals surface area (Å²) in [6.45, 7) is 7.61. The van der Waals surface area contributed by atoms with E-state index < -0.39 is 9.84 Å². The van der Waals surface area contributed by atoms with Crippen molar-refractivity contribution in [1.82, 2.24) is 10.2 Å². The van der Waals surface area contributed by atoms with Gasteiger partial charge in [-0.1, -0.05) is 6.08 Å². The van der Waals surface area contributed by atoms with Crippen LogP contribution >= 0.6 is 0 Å². The second-order valence-corrected chi connectivity index (χ2v) is 6.48. The molecule has 0 fully saturated rings. The zero-order valence-electron chi connectivity index (χ0n) is 11.6. The monoisotopic (exact) mass is 275 g/mol. The minimum Gasteiger partial charge on any atom is -0.357 e. The van der Waals surface area contributed by atoms with Gasteiger partial charge in [0.25, 0.3) is 0 Å². The molecule has 6 heteroatoms. The number of rotatable bonds is 8. The summed E-state index contributed by atoms with van der Waals surface area (Å²) in [5, 5.41) is 3.15. The average molecular weight is 275 g/mol. The molecule has 0 aliphatic carbocycles. The average Bonchev–Trinajstić information content (AvgIpc) is 2.26. The Morgan fingerprint density at radius 1 is 1.50 bits per heavy atom. The van der Waals surface area contributed by atoms with Crippen LogP contribution in [0.15, 0.2) is 17.6 Å². The van der Waals surface area contributed by atoms with E-state index in [1.165, 1.54) is 6.26 Å². The van der Waals surface area contributed by atoms with Crippen LogP contribution < -0.4 is 5.32 Å². The molecular formula is C12H25N3O2S. The maximum atomic E-state index is 11.0. The molecule has 0 bridgehead atoms. The van der Waals surface area contributed by atoms with Crippen LogP contribution in [0.4, 0.5) is 0 Å². The van der Waals surface area contributed by atoms with Gasteiger partial charge in [0.15, 0.2) is 5.96 Å². The molecule has 0 aromatic heterocycles. The van der Waals surface area contributed by atoms with Crippen molar-refractivity contribution in [1.29, 1.82) is 0 Å². The summed E-state index contributed by atoms with van der Waals surface area (Å²) in [4.78, 5) is 6.31. The van der Waals surface area contributed by atoms with Crippen molar-refractivity contribution in [3.05, 3.63) is 12.7 Å². The molecule has 0 aromatic rings. The van der Waals surface area contributed by atoms with E-state index in [1.54, 1.807) is 0 Å². The Labute approximate surface area is 111 Å². The zero-order valence-corrected chi connectivity index (χ0v) is 12.5. The Bertz CT molecular complexity index is 364. The number of unbranched alkanes of at least 4 members (excludes halogenated alkanes) is 1. The molecule has 0 heterocycles. The van der Waals surface area contributed by atoms with E-state index in [4.69, 9.17) is 0 Å². The lowest BCUT2D eigenvalue weighted by atomic mass is 10.3. The predicted molar refractivity (Wildman–Crippen MR) is 77.8 cm³/mol. The van der Waals surface area contributed by atoms with E-state index in [0.717, 1.165) is 31.9 Å². The minimum absolute atomic E-state index is 0.0857. The molecule has 0 saturated heterocycles. The highest BCUT2D eigenvalue weighted by Gasteiger charge is 2.06. The third-order valence-corrected chi connectivity index (χ3v) is 3.25. The lowest BCUT2D eigenvalue weighted by Gasteiger charge is -2.21. The van der Waals surface area contributed by atoms with E-state index in [0.29, 0.717) is 6.54 Å². The second-order valence-electron chi connectivity index (χ2n) is 4.22. The van der Waals surface area contributed by atoms with Gasteiger partial charge in [0.1, 0.15) is 9.84 Å². The fourth-order valence-electron chi connectivity index (χ4n) is 1.37. The molecule has 0 aliphatic rings. The number of sulfone groups is 1. The number of guanidine groups is 1. The number of aliphatic imine (C=N–C) groups is 1. The summed E-state index contributed by atoms with van der Waals surface area (Å²) in [5.74, 6) is 0.841. The van der Waals surface area contributed by atoms with Gasteiger partial charge in [-0.15, -0.1) is 6.58 Å². The maximum absolute atomic E-state index is 11.0. The Morgan fingerprint density at radius 3 is 2.67 bits per heavy atom. The van der Waals surface area contributed by atoms with Crippen LogP contribution in [-0.4, -0.2) is 58.0 Å². The first kappa shape index (κ1) is 17.0. The number of hydrogen-bond acceptors (Lipinski definition) is 3. The Hall–Kier alpha value is -1.04. The number of nitrogens with one attached hydrogen (secondary N) is 1. The summed E-state index contributed by atoms with van der Waals surface area (Å²) in [7, 11) is -0.999. The van der Waals surface area contributed by atoms with Crippen molar-refractivity contribution in [2.75, 3.05) is 38.7 Å². The van der Waals surface area contributed by atoms with Gasteiger partial charge < -0.3 is 10.2 Å². The van der Waals surface area contributed by atoms with Gasteiger partial charge in [0.05, 0.1) is 12.3 Å². The topological polar surface area (TPSA) is 61.8 Å². The molecule has 0 amide bonds. The normalized spacial score (nSPS) is 12.3. The van der Waals surface area contributed by atoms with Crippen molar-refractivity contribution in [3.8, 4) is 0 Å². The summed E-state index contributed by atoms with van der Waals surface area (Å²) < 4.78 is 22.1. The number of hydrogen-bond donors (Lipinski definition) is 1. The molecule has 0 rings (SSSR count). The van der Waals surface area contributed by atoms with Gasteiger partial charge >= 0.3 is 0 Å². The first-order chi connectivity index (χ1) is 8.40. The smallest absolute Gasteiger partial charge is 0.193 e. The largest absolute Gasteiger partial charge is 0.357 e. The summed E-state index contributed by atoms with van der Waals surface area (Å²) in [6.07, 6.45) is 5.09. The van der Waals surface area contributed by atoms with E-state index >= 15 is 0 Å². The first-order valence-corrected chi connectivity index (χ1v) is 8.24. The zero-order chi connectivity index (χ0) is 14.0. The van der Waals surface area contributed by atoms with Crippen LogP contribution in [0.25, 0.3) is 0 Å². The third-order valence-electron chi connectivity index (χ3n) is 2.32. The Balaban J connectivity index is 4.33. The van der Waals surface area contributed by atoms with E-state index in [1.807, 2.05) is 24.9 Å². The molecule has 0 aliphatic heterocycles. The van der Waals surface area contributed by atoms with Crippen LogP contribution in [0.3, 0.4) is 0 Å². The number of nitrogens with zero attached hydrogens (tertiary/aromatic N) is 2. The van der Waals surface area contributed by atoms with Gasteiger partial charge in [-0.3, -0.25) is 4.99 Å². The Kier molecular flexibility index (Phi) is 8.45. The summed E-state index contributed by atoms with van der Waals surface area (Å²) in [6, 6.07) is 0. The molecule has 0 spiro atoms. The molecule has 0 atom stereocenters. The number of allylic oxidation sites excluding steroid dienone is 1. The molecule has 0 unspecified atom stereocenters. The molecule has 0 radical (unpaired) electrons. The van der Waals surface area contributed by atoms with Gasteiger partial charge in [-0.2, -0.15) is 0 Å². The summed E-state index contributed by atoms with van der Waals surface area (Å²) >= 11 is 0. The molecule has 0 saturated carbocycles. The Morgan fingerprint density at radius 2 is 2.17 bits per heavy atom. The molecular weight excluding hydrogens is 250 g/mol. The quantitative estimate of drug-likeness (QED) is 0.309. The van der Waals surface area contributed by atoms with Crippen molar-refractivity contribution in [3.63, 3.8) is 0 Å². The molecule has 18 heavy (non-hydrogen) atoms. The SMILES string of the molecule is C=CCCCN(C)C(=NCCS(C)(=O)=O)NCC. The van der Waals surface area contributed by atoms with Crippen LogP contribution in [-0.2, 0) is 9.84 Å². The first-order valence-electron chi connectivity index (χ1n) is 6.18. The highest BCUT2D eigenvalue weighted by Crippen LogP contribution is 1.95. The summed E-state index contributed by atoms with van der Waals surface area (Å²) in [5.41, 5.74) is 0. The molecule has 0 aromatic carbocycles. The fraction of sp³-hybridized carbons (Fsp3) is 0.750. The van der Waals surface area contributed by atoms with Gasteiger partial charge in [0.2, 0.25) is 0 Å². The standard InChI is InChI=1S/C12H25N3O2S/c1-5-7-8-10-15(3)12(13-6-2)14-9-11-18(4,16)17/h5H,1,6-11H2,2-4H3,(H,13,14). The lowest BCUT2D eigenvalue weighted by Crippen LogP contribution is -2.39. The van der Waals surface area contributed by atoms with Crippen LogP contribution in [0.1, 0.15) is 19.8 Å². The van der Waals surface area contributed by atoms with E-state index in [2.05, 4.69) is 16.9 Å². The van der Waals surface area contributed by atoms with Crippen molar-refractivity contribution in [2.45, 2.75) is 19.8 Å². The lowest BCUT2D eigenvalue weighted by molar-refractivity contribution is 0.470. The third kappa shape index (κ3) is 9.04. The van der Waals surface area contributed by atoms with Gasteiger partial charge in [0, 0.05) is 26.4 Å². The van der Waals surface area contributed by atoms with Crippen molar-refractivity contribution >= 4 is 15.8 Å². The highest BCUT2D eigenvalue weighted by atomic mass is 32.2. The van der Waals surface area contributed by atoms with Crippen LogP contribution in [0.5, 0.6) is 0 Å². The van der Waals surface area contributed by atoms with Crippen LogP contribution in [0, 0.1) is 0 Å². The van der Waals surface area contributed by atoms with E-state index in [-0.39, 0.29) is 5.75 Å². The second kappa shape index (κ2) is 8.97. The highest BCUT2D eigenvalue weighted by molar-refractivity contribution is 7.90. The van der Waals surface area contributed by atoms with Gasteiger partial charge in [-0.25, -0.2) is 8.42 Å². The van der Waals surface area contributed by atoms with Gasteiger partial charge in [-0.05, 0) is 19.8 Å². The van der Waals surface area contributed by atoms with Crippen LogP contribution in [0.2, 0.25) is 0 Å². The fourth-order valence-corrected chi connectivity index (χ4v) is 1.79. The van der Waals surface area contributed by atoms with Crippen molar-refractivity contribution < 1.29 is 8.42 Å². The molecule has 106 valence electrons. The molecule has 5 nitrogen and oxygen atoms in total. The minimum atomic E-state index is -2.95. The molecule has 1 N–H and O–H groups in total. The van der Waals surface area contributed by atoms with E-state index in [9.17, 15) is 8.42 Å².